The van der Waals surface area contributed by atoms with E-state index in [2.05, 4.69) is 99.8 Å². The number of hydrazine groups is 1. The van der Waals surface area contributed by atoms with Crippen molar-refractivity contribution in [3.63, 3.8) is 0 Å². The molecule has 354 valence electrons. The van der Waals surface area contributed by atoms with Crippen LogP contribution in [-0.4, -0.2) is 156 Å². The molecule has 0 amide bonds. The third-order valence-corrected chi connectivity index (χ3v) is 18.2. The third kappa shape index (κ3) is 9.28. The minimum atomic E-state index is 0.347. The van der Waals surface area contributed by atoms with Crippen LogP contribution < -0.4 is 35.0 Å². The summed E-state index contributed by atoms with van der Waals surface area (Å²) >= 11 is 0. The predicted octanol–water partition coefficient (Wildman–Crippen LogP) is 6.40. The topological polar surface area (TPSA) is 114 Å². The quantitative estimate of drug-likeness (QED) is 0.273. The lowest BCUT2D eigenvalue weighted by Crippen LogP contribution is -2.49. The van der Waals surface area contributed by atoms with Crippen LogP contribution in [0, 0.1) is 5.92 Å². The van der Waals surface area contributed by atoms with E-state index >= 15 is 0 Å². The van der Waals surface area contributed by atoms with Gasteiger partial charge in [0.25, 0.3) is 0 Å². The summed E-state index contributed by atoms with van der Waals surface area (Å²) in [5, 5.41) is 8.39. The zero-order valence-electron chi connectivity index (χ0n) is 40.1. The maximum atomic E-state index is 6.11. The Bertz CT molecular complexity index is 2030. The van der Waals surface area contributed by atoms with Crippen LogP contribution in [0.2, 0.25) is 0 Å². The molecule has 7 saturated heterocycles. The van der Waals surface area contributed by atoms with Gasteiger partial charge >= 0.3 is 0 Å². The van der Waals surface area contributed by atoms with Gasteiger partial charge in [0.05, 0.1) is 49.4 Å². The van der Waals surface area contributed by atoms with Crippen LogP contribution in [0.25, 0.3) is 0 Å². The van der Waals surface area contributed by atoms with Crippen molar-refractivity contribution in [2.45, 2.75) is 143 Å². The van der Waals surface area contributed by atoms with Crippen molar-refractivity contribution in [3.05, 3.63) is 55.2 Å². The van der Waals surface area contributed by atoms with E-state index < -0.39 is 0 Å². The van der Waals surface area contributed by atoms with Crippen LogP contribution in [0.1, 0.15) is 109 Å². The smallest absolute Gasteiger partial charge is 0.151 e. The number of anilines is 3. The summed E-state index contributed by atoms with van der Waals surface area (Å²) < 4.78 is 11.4. The highest BCUT2D eigenvalue weighted by Crippen LogP contribution is 2.49. The third-order valence-electron chi connectivity index (χ3n) is 18.2. The Morgan fingerprint density at radius 2 is 1.29 bits per heavy atom. The first-order valence-electron chi connectivity index (χ1n) is 25.5. The molecule has 3 aromatic rings. The fourth-order valence-electron chi connectivity index (χ4n) is 14.0. The number of nitrogens with one attached hydrogen (secondary N) is 2. The standard InChI is InChI=1S/C19H30N6.C18H27N3O.C14H21N3O/c1-24-16(15-4-6-18(13-15)8-11-21-23-18)5-7-19(24)9-12-25(14-19)17-3-2-10-20-22-17;1-20-9-4-7-18(20)8-10-21(14-18)15-11-17(13-19-12-15)22-16-5-2-3-6-16;1-16-6-3-4-14(16)5-7-17(11-14)12-8-13(18-2)10-15-9-12/h2-3,10,15-16,21,23H,4-9,11-14H2,1H3;11-13,16H,2-10,14H2,1H3;8-10H,3-7,11H2,1-2H3. The number of hydrogen-bond acceptors (Lipinski definition) is 14. The van der Waals surface area contributed by atoms with Crippen molar-refractivity contribution in [3.8, 4) is 11.5 Å². The lowest BCUT2D eigenvalue weighted by atomic mass is 9.90. The van der Waals surface area contributed by atoms with E-state index in [0.29, 0.717) is 28.3 Å². The Balaban J connectivity index is 0.000000117. The zero-order valence-corrected chi connectivity index (χ0v) is 40.1. The number of aromatic nitrogens is 4. The van der Waals surface area contributed by atoms with Gasteiger partial charge in [0.2, 0.25) is 0 Å². The molecule has 2 aliphatic carbocycles. The molecule has 7 aliphatic heterocycles. The number of likely N-dealkylation sites (N-methyl/N-ethyl adjacent to an activating group) is 3. The van der Waals surface area contributed by atoms with Crippen LogP contribution in [0.5, 0.6) is 11.5 Å². The molecule has 9 fully saturated rings. The molecule has 12 rings (SSSR count). The van der Waals surface area contributed by atoms with Crippen LogP contribution in [0.15, 0.2) is 55.2 Å². The van der Waals surface area contributed by atoms with Gasteiger partial charge in [0.15, 0.2) is 5.82 Å². The van der Waals surface area contributed by atoms with Crippen LogP contribution >= 0.6 is 0 Å². The number of likely N-dealkylation sites (tertiary alicyclic amines) is 3. The SMILES string of the molecule is CN1C(C2CCC3(CCNN3)C2)CCC12CCN(c1cccnn1)C2.CN1CCCC12CCN(c1cncc(OC3CCCC3)c1)C2.COc1cncc(N2CCC3(CCCN3C)C2)c1. The second-order valence-corrected chi connectivity index (χ2v) is 21.6. The summed E-state index contributed by atoms with van der Waals surface area (Å²) in [6.07, 6.45) is 31.9. The molecule has 14 heteroatoms. The van der Waals surface area contributed by atoms with Gasteiger partial charge in [-0.15, -0.1) is 5.10 Å². The molecule has 2 saturated carbocycles. The highest BCUT2D eigenvalue weighted by Gasteiger charge is 2.53. The van der Waals surface area contributed by atoms with Crippen LogP contribution in [0.3, 0.4) is 0 Å². The Morgan fingerprint density at radius 3 is 1.91 bits per heavy atom. The second kappa shape index (κ2) is 19.1. The molecule has 6 unspecified atom stereocenters. The maximum Gasteiger partial charge on any atom is 0.151 e. The highest BCUT2D eigenvalue weighted by molar-refractivity contribution is 5.51. The first-order valence-corrected chi connectivity index (χ1v) is 25.5. The first kappa shape index (κ1) is 45.0. The largest absolute Gasteiger partial charge is 0.495 e. The Morgan fingerprint density at radius 1 is 0.646 bits per heavy atom. The molecule has 9 aliphatic rings. The van der Waals surface area contributed by atoms with Gasteiger partial charge in [-0.1, -0.05) is 0 Å². The average Bonchev–Trinajstić information content (AvgIpc) is 4.20. The first-order chi connectivity index (χ1) is 31.7. The lowest BCUT2D eigenvalue weighted by molar-refractivity contribution is 0.117. The lowest BCUT2D eigenvalue weighted by Gasteiger charge is -2.38. The molecular formula is C51H78N12O2. The Hall–Kier alpha value is -3.82. The summed E-state index contributed by atoms with van der Waals surface area (Å²) in [6.45, 7) is 10.4. The minimum Gasteiger partial charge on any atom is -0.495 e. The van der Waals surface area contributed by atoms with Gasteiger partial charge in [-0.2, -0.15) is 5.10 Å². The summed E-state index contributed by atoms with van der Waals surface area (Å²) in [5.74, 6) is 3.68. The molecule has 0 aromatic carbocycles. The van der Waals surface area contributed by atoms with Crippen LogP contribution in [0.4, 0.5) is 17.2 Å². The monoisotopic (exact) mass is 891 g/mol. The number of nitrogens with zero attached hydrogens (tertiary/aromatic N) is 10. The van der Waals surface area contributed by atoms with Gasteiger partial charge in [-0.25, -0.2) is 0 Å². The van der Waals surface area contributed by atoms with E-state index in [0.717, 1.165) is 75.1 Å². The molecule has 2 N–H and O–H groups in total. The van der Waals surface area contributed by atoms with E-state index in [4.69, 9.17) is 9.47 Å². The van der Waals surface area contributed by atoms with E-state index in [1.165, 1.54) is 134 Å². The fourth-order valence-corrected chi connectivity index (χ4v) is 14.0. The van der Waals surface area contributed by atoms with Crippen molar-refractivity contribution in [2.24, 2.45) is 5.92 Å². The fraction of sp³-hybridized carbons (Fsp3) is 0.725. The second-order valence-electron chi connectivity index (χ2n) is 21.6. The van der Waals surface area contributed by atoms with Crippen molar-refractivity contribution < 1.29 is 9.47 Å². The summed E-state index contributed by atoms with van der Waals surface area (Å²) in [6, 6.07) is 9.12. The molecule has 3 aromatic heterocycles. The highest BCUT2D eigenvalue weighted by atomic mass is 16.5. The zero-order chi connectivity index (χ0) is 44.5. The molecular weight excluding hydrogens is 813 g/mol. The van der Waals surface area contributed by atoms with Gasteiger partial charge < -0.3 is 24.2 Å². The number of hydrogen-bond donors (Lipinski definition) is 2. The predicted molar refractivity (Wildman–Crippen MR) is 259 cm³/mol. The van der Waals surface area contributed by atoms with Crippen molar-refractivity contribution in [2.75, 3.05) is 102 Å². The normalized spacial score (nSPS) is 33.9. The number of rotatable bonds is 7. The van der Waals surface area contributed by atoms with Gasteiger partial charge in [0, 0.05) is 92.3 Å². The van der Waals surface area contributed by atoms with E-state index in [1.807, 2.05) is 24.7 Å². The molecule has 65 heavy (non-hydrogen) atoms. The Labute approximate surface area is 389 Å². The van der Waals surface area contributed by atoms with Crippen molar-refractivity contribution in [1.82, 2.24) is 45.7 Å². The summed E-state index contributed by atoms with van der Waals surface area (Å²) in [5.41, 5.74) is 10.9. The van der Waals surface area contributed by atoms with Crippen molar-refractivity contribution in [1.29, 1.82) is 0 Å². The number of ether oxygens (including phenoxy) is 2. The maximum absolute atomic E-state index is 6.11. The Kier molecular flexibility index (Phi) is 13.2. The minimum absolute atomic E-state index is 0.347. The van der Waals surface area contributed by atoms with E-state index in [1.54, 1.807) is 19.5 Å². The summed E-state index contributed by atoms with van der Waals surface area (Å²) in [7, 11) is 8.63. The molecule has 4 spiro atoms. The van der Waals surface area contributed by atoms with E-state index in [-0.39, 0.29) is 0 Å². The number of pyridine rings is 2. The van der Waals surface area contributed by atoms with Gasteiger partial charge in [-0.3, -0.25) is 35.5 Å². The molecule has 10 heterocycles. The molecule has 0 bridgehead atoms. The van der Waals surface area contributed by atoms with Gasteiger partial charge in [0.1, 0.15) is 11.5 Å². The molecule has 0 radical (unpaired) electrons. The average molecular weight is 891 g/mol. The van der Waals surface area contributed by atoms with Gasteiger partial charge in [-0.05, 0) is 161 Å². The summed E-state index contributed by atoms with van der Waals surface area (Å²) in [4.78, 5) is 23.9. The van der Waals surface area contributed by atoms with Crippen LogP contribution in [-0.2, 0) is 0 Å². The van der Waals surface area contributed by atoms with E-state index in [9.17, 15) is 0 Å². The molecule has 14 nitrogen and oxygen atoms in total. The van der Waals surface area contributed by atoms with Crippen molar-refractivity contribution >= 4 is 17.2 Å². The molecule has 6 atom stereocenters. The number of methoxy groups -OCH3 is 1.